The fourth-order valence-electron chi connectivity index (χ4n) is 5.13. The van der Waals surface area contributed by atoms with E-state index in [1.165, 1.54) is 32.1 Å². The largest absolute Gasteiger partial charge is 0.465 e. The van der Waals surface area contributed by atoms with Crippen molar-refractivity contribution < 1.29 is 19.1 Å². The van der Waals surface area contributed by atoms with E-state index in [0.717, 1.165) is 18.3 Å². The molecule has 4 aliphatic rings. The molecule has 0 radical (unpaired) electrons. The first-order valence-corrected chi connectivity index (χ1v) is 9.30. The third kappa shape index (κ3) is 3.27. The molecule has 0 aromatic rings. The van der Waals surface area contributed by atoms with Crippen LogP contribution in [0.1, 0.15) is 65.7 Å². The van der Waals surface area contributed by atoms with Crippen molar-refractivity contribution in [2.75, 3.05) is 6.61 Å². The van der Waals surface area contributed by atoms with Crippen LogP contribution in [0, 0.1) is 29.6 Å². The average molecular weight is 322 g/mol. The quantitative estimate of drug-likeness (QED) is 0.699. The van der Waals surface area contributed by atoms with Gasteiger partial charge in [0.25, 0.3) is 0 Å². The summed E-state index contributed by atoms with van der Waals surface area (Å²) < 4.78 is 11.1. The number of esters is 2. The van der Waals surface area contributed by atoms with Crippen LogP contribution < -0.4 is 0 Å². The molecule has 0 heterocycles. The lowest BCUT2D eigenvalue weighted by molar-refractivity contribution is -0.204. The fraction of sp³-hybridized carbons (Fsp3) is 0.895. The zero-order valence-corrected chi connectivity index (χ0v) is 14.7. The first kappa shape index (κ1) is 16.8. The van der Waals surface area contributed by atoms with Crippen molar-refractivity contribution in [3.8, 4) is 0 Å². The second kappa shape index (κ2) is 6.45. The van der Waals surface area contributed by atoms with Gasteiger partial charge in [-0.2, -0.15) is 0 Å². The van der Waals surface area contributed by atoms with Crippen molar-refractivity contribution in [3.63, 3.8) is 0 Å². The highest BCUT2D eigenvalue weighted by Gasteiger charge is 2.56. The zero-order valence-electron chi connectivity index (χ0n) is 14.7. The van der Waals surface area contributed by atoms with Crippen LogP contribution in [0.15, 0.2) is 0 Å². The van der Waals surface area contributed by atoms with Gasteiger partial charge in [0.05, 0.1) is 12.3 Å². The molecule has 4 bridgehead atoms. The van der Waals surface area contributed by atoms with Crippen LogP contribution >= 0.6 is 0 Å². The van der Waals surface area contributed by atoms with Gasteiger partial charge in [-0.15, -0.1) is 0 Å². The van der Waals surface area contributed by atoms with E-state index in [1.807, 2.05) is 13.8 Å². The topological polar surface area (TPSA) is 52.6 Å². The van der Waals surface area contributed by atoms with Crippen molar-refractivity contribution in [1.29, 1.82) is 0 Å². The Morgan fingerprint density at radius 3 is 2.17 bits per heavy atom. The first-order chi connectivity index (χ1) is 10.9. The van der Waals surface area contributed by atoms with Crippen LogP contribution in [-0.4, -0.2) is 24.1 Å². The Bertz CT molecular complexity index is 442. The van der Waals surface area contributed by atoms with E-state index in [0.29, 0.717) is 11.8 Å². The predicted molar refractivity (Wildman–Crippen MR) is 86.6 cm³/mol. The third-order valence-corrected chi connectivity index (χ3v) is 6.66. The summed E-state index contributed by atoms with van der Waals surface area (Å²) in [6, 6.07) is 0. The molecule has 0 N–H and O–H groups in total. The second-order valence-electron chi connectivity index (χ2n) is 8.19. The van der Waals surface area contributed by atoms with Crippen LogP contribution in [0.25, 0.3) is 0 Å². The molecule has 4 fully saturated rings. The average Bonchev–Trinajstić information content (AvgIpc) is 2.51. The molecule has 0 amide bonds. The summed E-state index contributed by atoms with van der Waals surface area (Å²) in [6.45, 7) is 6.07. The Morgan fingerprint density at radius 2 is 1.65 bits per heavy atom. The van der Waals surface area contributed by atoms with Crippen molar-refractivity contribution in [2.24, 2.45) is 29.6 Å². The van der Waals surface area contributed by atoms with Crippen LogP contribution in [-0.2, 0) is 19.1 Å². The summed E-state index contributed by atoms with van der Waals surface area (Å²) in [6.07, 6.45) is 7.21. The summed E-state index contributed by atoms with van der Waals surface area (Å²) in [7, 11) is 0. The fourth-order valence-corrected chi connectivity index (χ4v) is 5.13. The lowest BCUT2D eigenvalue weighted by atomic mass is 9.50. The molecule has 4 heteroatoms. The summed E-state index contributed by atoms with van der Waals surface area (Å²) in [5.41, 5.74) is -0.286. The van der Waals surface area contributed by atoms with E-state index >= 15 is 0 Å². The molecule has 0 spiro atoms. The number of ether oxygens (including phenoxy) is 2. The van der Waals surface area contributed by atoms with Gasteiger partial charge in [0, 0.05) is 0 Å². The molecule has 1 atom stereocenters. The Kier molecular flexibility index (Phi) is 4.70. The molecule has 4 aliphatic carbocycles. The highest BCUT2D eigenvalue weighted by atomic mass is 16.6. The maximum absolute atomic E-state index is 12.2. The molecule has 0 aromatic carbocycles. The number of hydrogen-bond donors (Lipinski definition) is 0. The molecule has 1 unspecified atom stereocenters. The van der Waals surface area contributed by atoms with Gasteiger partial charge < -0.3 is 9.47 Å². The normalized spacial score (nSPS) is 39.1. The van der Waals surface area contributed by atoms with Crippen molar-refractivity contribution in [1.82, 2.24) is 0 Å². The van der Waals surface area contributed by atoms with Gasteiger partial charge in [-0.1, -0.05) is 13.8 Å². The molecule has 23 heavy (non-hydrogen) atoms. The Labute approximate surface area is 139 Å². The maximum Gasteiger partial charge on any atom is 0.309 e. The molecule has 4 nitrogen and oxygen atoms in total. The minimum Gasteiger partial charge on any atom is -0.465 e. The van der Waals surface area contributed by atoms with Gasteiger partial charge in [0.15, 0.2) is 0 Å². The van der Waals surface area contributed by atoms with Crippen LogP contribution in [0.3, 0.4) is 0 Å². The van der Waals surface area contributed by atoms with Crippen LogP contribution in [0.2, 0.25) is 0 Å². The van der Waals surface area contributed by atoms with Gasteiger partial charge in [0.2, 0.25) is 0 Å². The number of carbonyl (C=O) groups is 2. The lowest BCUT2D eigenvalue weighted by Crippen LogP contribution is -2.58. The van der Waals surface area contributed by atoms with Gasteiger partial charge in [0.1, 0.15) is 12.2 Å². The minimum atomic E-state index is -0.286. The van der Waals surface area contributed by atoms with Crippen molar-refractivity contribution >= 4 is 11.9 Å². The lowest BCUT2D eigenvalue weighted by Gasteiger charge is -2.59. The van der Waals surface area contributed by atoms with Gasteiger partial charge in [-0.3, -0.25) is 9.59 Å². The highest BCUT2D eigenvalue weighted by Crippen LogP contribution is 2.59. The summed E-state index contributed by atoms with van der Waals surface area (Å²) in [4.78, 5) is 23.9. The van der Waals surface area contributed by atoms with Crippen molar-refractivity contribution in [3.05, 3.63) is 0 Å². The zero-order chi connectivity index (χ0) is 16.6. The second-order valence-corrected chi connectivity index (χ2v) is 8.19. The molecule has 4 rings (SSSR count). The van der Waals surface area contributed by atoms with Gasteiger partial charge in [-0.25, -0.2) is 0 Å². The molecule has 130 valence electrons. The monoisotopic (exact) mass is 322 g/mol. The van der Waals surface area contributed by atoms with Crippen LogP contribution in [0.4, 0.5) is 0 Å². The van der Waals surface area contributed by atoms with Gasteiger partial charge >= 0.3 is 11.9 Å². The summed E-state index contributed by atoms with van der Waals surface area (Å²) in [5.74, 6) is 2.25. The molecule has 0 saturated heterocycles. The van der Waals surface area contributed by atoms with Crippen LogP contribution in [0.5, 0.6) is 0 Å². The van der Waals surface area contributed by atoms with E-state index in [-0.39, 0.29) is 36.5 Å². The predicted octanol–water partition coefficient (Wildman–Crippen LogP) is 3.72. The molecule has 0 aliphatic heterocycles. The summed E-state index contributed by atoms with van der Waals surface area (Å²) in [5, 5.41) is 0. The third-order valence-electron chi connectivity index (χ3n) is 6.66. The van der Waals surface area contributed by atoms with Crippen molar-refractivity contribution in [2.45, 2.75) is 71.3 Å². The SMILES string of the molecule is CCC(C)C(=O)OCCC(=O)OC1(C)C2CC3CC(C2)CC1C3. The van der Waals surface area contributed by atoms with E-state index in [1.54, 1.807) is 0 Å². The molecule has 4 saturated carbocycles. The molecular weight excluding hydrogens is 292 g/mol. The molecular formula is C19H30O4. The maximum atomic E-state index is 12.2. The minimum absolute atomic E-state index is 0.104. The number of hydrogen-bond acceptors (Lipinski definition) is 4. The Morgan fingerprint density at radius 1 is 1.09 bits per heavy atom. The molecule has 0 aromatic heterocycles. The summed E-state index contributed by atoms with van der Waals surface area (Å²) >= 11 is 0. The highest BCUT2D eigenvalue weighted by molar-refractivity contribution is 5.73. The standard InChI is InChI=1S/C19H30O4/c1-4-12(2)18(21)22-6-5-17(20)23-19(3)15-8-13-7-14(10-15)11-16(19)9-13/h12-16H,4-11H2,1-3H3. The first-order valence-electron chi connectivity index (χ1n) is 9.30. The van der Waals surface area contributed by atoms with E-state index in [4.69, 9.17) is 9.47 Å². The van der Waals surface area contributed by atoms with E-state index < -0.39 is 0 Å². The van der Waals surface area contributed by atoms with Gasteiger partial charge in [-0.05, 0) is 69.1 Å². The van der Waals surface area contributed by atoms with E-state index in [2.05, 4.69) is 6.92 Å². The van der Waals surface area contributed by atoms with E-state index in [9.17, 15) is 9.59 Å². The Hall–Kier alpha value is -1.06. The number of carbonyl (C=O) groups excluding carboxylic acids is 2. The smallest absolute Gasteiger partial charge is 0.309 e. The number of rotatable bonds is 6. The Balaban J connectivity index is 1.49.